The molecular weight excluding hydrogens is 124 g/mol. The lowest BCUT2D eigenvalue weighted by atomic mass is 10.0. The SMILES string of the molecule is CC1C[C@@]2(CN)CC2N1C. The number of fused-ring (bicyclic) bond motifs is 1. The number of likely N-dealkylation sites (tertiary alicyclic amines) is 1. The van der Waals surface area contributed by atoms with E-state index in [0.717, 1.165) is 18.6 Å². The molecule has 2 aliphatic rings. The highest BCUT2D eigenvalue weighted by atomic mass is 15.2. The maximum atomic E-state index is 5.71. The van der Waals surface area contributed by atoms with Crippen LogP contribution >= 0.6 is 0 Å². The Kier molecular flexibility index (Phi) is 1.15. The Morgan fingerprint density at radius 3 is 2.60 bits per heavy atom. The van der Waals surface area contributed by atoms with Crippen LogP contribution in [0.4, 0.5) is 0 Å². The summed E-state index contributed by atoms with van der Waals surface area (Å²) >= 11 is 0. The molecule has 0 bridgehead atoms. The van der Waals surface area contributed by atoms with E-state index >= 15 is 0 Å². The number of nitrogens with two attached hydrogens (primary N) is 1. The monoisotopic (exact) mass is 140 g/mol. The van der Waals surface area contributed by atoms with E-state index in [0.29, 0.717) is 5.41 Å². The van der Waals surface area contributed by atoms with E-state index in [1.165, 1.54) is 12.8 Å². The van der Waals surface area contributed by atoms with Gasteiger partial charge in [-0.1, -0.05) is 0 Å². The van der Waals surface area contributed by atoms with E-state index in [1.807, 2.05) is 0 Å². The normalized spacial score (nSPS) is 53.1. The molecule has 2 fully saturated rings. The van der Waals surface area contributed by atoms with Gasteiger partial charge in [-0.05, 0) is 33.4 Å². The van der Waals surface area contributed by atoms with E-state index in [2.05, 4.69) is 18.9 Å². The fraction of sp³-hybridized carbons (Fsp3) is 1.00. The molecule has 10 heavy (non-hydrogen) atoms. The lowest BCUT2D eigenvalue weighted by molar-refractivity contribution is 0.286. The number of hydrogen-bond donors (Lipinski definition) is 1. The predicted molar refractivity (Wildman–Crippen MR) is 41.7 cm³/mol. The third kappa shape index (κ3) is 0.611. The fourth-order valence-corrected chi connectivity index (χ4v) is 2.46. The molecule has 2 heteroatoms. The Bertz CT molecular complexity index is 157. The zero-order valence-corrected chi connectivity index (χ0v) is 6.80. The fourth-order valence-electron chi connectivity index (χ4n) is 2.46. The van der Waals surface area contributed by atoms with Crippen molar-refractivity contribution in [2.45, 2.75) is 31.8 Å². The van der Waals surface area contributed by atoms with Gasteiger partial charge in [-0.15, -0.1) is 0 Å². The smallest absolute Gasteiger partial charge is 0.0171 e. The topological polar surface area (TPSA) is 29.3 Å². The van der Waals surface area contributed by atoms with Crippen molar-refractivity contribution in [1.29, 1.82) is 0 Å². The average Bonchev–Trinajstić information content (AvgIpc) is 2.57. The van der Waals surface area contributed by atoms with E-state index in [9.17, 15) is 0 Å². The van der Waals surface area contributed by atoms with Crippen LogP contribution in [-0.2, 0) is 0 Å². The first kappa shape index (κ1) is 6.62. The van der Waals surface area contributed by atoms with Gasteiger partial charge in [0.05, 0.1) is 0 Å². The van der Waals surface area contributed by atoms with Crippen LogP contribution in [0, 0.1) is 5.41 Å². The van der Waals surface area contributed by atoms with Crippen molar-refractivity contribution in [1.82, 2.24) is 4.90 Å². The van der Waals surface area contributed by atoms with Gasteiger partial charge in [0.15, 0.2) is 0 Å². The Labute approximate surface area is 62.4 Å². The second kappa shape index (κ2) is 1.74. The number of hydrogen-bond acceptors (Lipinski definition) is 2. The average molecular weight is 140 g/mol. The van der Waals surface area contributed by atoms with Crippen molar-refractivity contribution in [3.63, 3.8) is 0 Å². The van der Waals surface area contributed by atoms with Crippen LogP contribution in [0.25, 0.3) is 0 Å². The lowest BCUT2D eigenvalue weighted by Gasteiger charge is -2.17. The van der Waals surface area contributed by atoms with Crippen molar-refractivity contribution < 1.29 is 0 Å². The van der Waals surface area contributed by atoms with Crippen molar-refractivity contribution in [3.05, 3.63) is 0 Å². The summed E-state index contributed by atoms with van der Waals surface area (Å²) < 4.78 is 0. The zero-order chi connectivity index (χ0) is 7.35. The van der Waals surface area contributed by atoms with Crippen LogP contribution in [-0.4, -0.2) is 30.6 Å². The largest absolute Gasteiger partial charge is 0.330 e. The third-order valence-electron chi connectivity index (χ3n) is 3.44. The molecule has 2 N–H and O–H groups in total. The molecule has 0 aromatic heterocycles. The van der Waals surface area contributed by atoms with Gasteiger partial charge >= 0.3 is 0 Å². The van der Waals surface area contributed by atoms with Crippen molar-refractivity contribution >= 4 is 0 Å². The minimum Gasteiger partial charge on any atom is -0.330 e. The van der Waals surface area contributed by atoms with Gasteiger partial charge in [0.1, 0.15) is 0 Å². The Hall–Kier alpha value is -0.0800. The summed E-state index contributed by atoms with van der Waals surface area (Å²) in [6.07, 6.45) is 2.68. The molecule has 1 aliphatic carbocycles. The molecule has 0 spiro atoms. The summed E-state index contributed by atoms with van der Waals surface area (Å²) in [5, 5.41) is 0. The minimum atomic E-state index is 0.550. The van der Waals surface area contributed by atoms with Gasteiger partial charge < -0.3 is 10.6 Å². The number of piperidine rings is 1. The zero-order valence-electron chi connectivity index (χ0n) is 6.80. The van der Waals surface area contributed by atoms with Gasteiger partial charge in [0, 0.05) is 17.5 Å². The molecule has 2 unspecified atom stereocenters. The first-order valence-corrected chi connectivity index (χ1v) is 4.12. The molecule has 0 radical (unpaired) electrons. The van der Waals surface area contributed by atoms with Gasteiger partial charge in [0.2, 0.25) is 0 Å². The van der Waals surface area contributed by atoms with Crippen molar-refractivity contribution in [2.24, 2.45) is 11.1 Å². The molecule has 2 rings (SSSR count). The maximum absolute atomic E-state index is 5.71. The van der Waals surface area contributed by atoms with Crippen LogP contribution < -0.4 is 5.73 Å². The summed E-state index contributed by atoms with van der Waals surface area (Å²) in [6.45, 7) is 3.19. The number of nitrogens with zero attached hydrogens (tertiary/aromatic N) is 1. The molecule has 1 heterocycles. The Morgan fingerprint density at radius 1 is 1.60 bits per heavy atom. The first-order chi connectivity index (χ1) is 4.69. The quantitative estimate of drug-likeness (QED) is 0.572. The van der Waals surface area contributed by atoms with Crippen LogP contribution in [0.3, 0.4) is 0 Å². The maximum Gasteiger partial charge on any atom is 0.0171 e. The number of rotatable bonds is 1. The Morgan fingerprint density at radius 2 is 2.30 bits per heavy atom. The van der Waals surface area contributed by atoms with Gasteiger partial charge in [-0.2, -0.15) is 0 Å². The molecule has 58 valence electrons. The predicted octanol–water partition coefficient (Wildman–Crippen LogP) is 0.428. The van der Waals surface area contributed by atoms with Crippen molar-refractivity contribution in [2.75, 3.05) is 13.6 Å². The molecule has 0 amide bonds. The molecule has 1 aliphatic heterocycles. The summed E-state index contributed by atoms with van der Waals surface area (Å²) in [4.78, 5) is 2.48. The van der Waals surface area contributed by atoms with Crippen molar-refractivity contribution in [3.8, 4) is 0 Å². The standard InChI is InChI=1S/C8H16N2/c1-6-3-8(5-9)4-7(8)10(6)2/h6-7H,3-5,9H2,1-2H3/t6?,7?,8-/m0/s1. The molecule has 1 saturated heterocycles. The van der Waals surface area contributed by atoms with Crippen LogP contribution in [0.1, 0.15) is 19.8 Å². The molecular formula is C8H16N2. The summed E-state index contributed by atoms with van der Waals surface area (Å²) in [6, 6.07) is 1.59. The molecule has 0 aromatic rings. The minimum absolute atomic E-state index is 0.550. The van der Waals surface area contributed by atoms with Gasteiger partial charge in [-0.25, -0.2) is 0 Å². The van der Waals surface area contributed by atoms with Crippen LogP contribution in [0.5, 0.6) is 0 Å². The summed E-state index contributed by atoms with van der Waals surface area (Å²) in [5.41, 5.74) is 6.26. The first-order valence-electron chi connectivity index (χ1n) is 4.12. The second-order valence-corrected chi connectivity index (χ2v) is 4.01. The Balaban J connectivity index is 2.11. The van der Waals surface area contributed by atoms with E-state index < -0.39 is 0 Å². The van der Waals surface area contributed by atoms with E-state index in [-0.39, 0.29) is 0 Å². The highest BCUT2D eigenvalue weighted by Gasteiger charge is 2.61. The van der Waals surface area contributed by atoms with E-state index in [4.69, 9.17) is 5.73 Å². The molecule has 1 saturated carbocycles. The summed E-state index contributed by atoms with van der Waals surface area (Å²) in [7, 11) is 2.22. The molecule has 3 atom stereocenters. The van der Waals surface area contributed by atoms with Gasteiger partial charge in [0.25, 0.3) is 0 Å². The molecule has 2 nitrogen and oxygen atoms in total. The second-order valence-electron chi connectivity index (χ2n) is 4.01. The van der Waals surface area contributed by atoms with Crippen LogP contribution in [0.2, 0.25) is 0 Å². The van der Waals surface area contributed by atoms with E-state index in [1.54, 1.807) is 0 Å². The van der Waals surface area contributed by atoms with Gasteiger partial charge in [-0.3, -0.25) is 0 Å². The lowest BCUT2D eigenvalue weighted by Crippen LogP contribution is -2.25. The van der Waals surface area contributed by atoms with Crippen LogP contribution in [0.15, 0.2) is 0 Å². The summed E-state index contributed by atoms with van der Waals surface area (Å²) in [5.74, 6) is 0. The highest BCUT2D eigenvalue weighted by molar-refractivity contribution is 5.15. The third-order valence-corrected chi connectivity index (χ3v) is 3.44. The highest BCUT2D eigenvalue weighted by Crippen LogP contribution is 2.57. The molecule has 0 aromatic carbocycles.